The number of allylic oxidation sites excluding steroid dienone is 4. The summed E-state index contributed by atoms with van der Waals surface area (Å²) in [5.41, 5.74) is 7.22. The summed E-state index contributed by atoms with van der Waals surface area (Å²) < 4.78 is 1.42. The Bertz CT molecular complexity index is 1560. The summed E-state index contributed by atoms with van der Waals surface area (Å²) in [6, 6.07) is 37.3. The Balaban J connectivity index is 0.000000253. The molecule has 6 rings (SSSR count). The first-order chi connectivity index (χ1) is 19.4. The SMILES string of the molecule is CC(C)(C)c1ccc2c(c1)[cH-]c1cc(C(C)(C)C)ccc12.CC1=CC[C-]=C1.[Cl-].[Cl-].[Zr+2]=[C](c1ccccc1)c1ccccc1. The van der Waals surface area contributed by atoms with Crippen molar-refractivity contribution in [3.63, 3.8) is 0 Å². The van der Waals surface area contributed by atoms with Crippen molar-refractivity contribution >= 4 is 24.8 Å². The van der Waals surface area contributed by atoms with Crippen molar-refractivity contribution < 1.29 is 49.0 Å². The molecule has 5 aromatic rings. The summed E-state index contributed by atoms with van der Waals surface area (Å²) in [5.74, 6) is 0. The van der Waals surface area contributed by atoms with Gasteiger partial charge < -0.3 is 24.8 Å². The van der Waals surface area contributed by atoms with Gasteiger partial charge in [0.25, 0.3) is 0 Å². The molecule has 222 valence electrons. The third kappa shape index (κ3) is 10.0. The number of rotatable bonds is 2. The minimum absolute atomic E-state index is 0. The van der Waals surface area contributed by atoms with Gasteiger partial charge in [-0.05, 0) is 10.8 Å². The van der Waals surface area contributed by atoms with Crippen LogP contribution in [0.1, 0.15) is 77.1 Å². The van der Waals surface area contributed by atoms with E-state index in [0.717, 1.165) is 6.42 Å². The van der Waals surface area contributed by atoms with Gasteiger partial charge in [-0.1, -0.05) is 76.9 Å². The molecule has 0 N–H and O–H groups in total. The molecule has 0 radical (unpaired) electrons. The first-order valence-electron chi connectivity index (χ1n) is 14.5. The molecule has 0 amide bonds. The summed E-state index contributed by atoms with van der Waals surface area (Å²) >= 11 is 1.46. The molecule has 0 bridgehead atoms. The van der Waals surface area contributed by atoms with Crippen LogP contribution in [0.5, 0.6) is 0 Å². The van der Waals surface area contributed by atoms with Gasteiger partial charge in [-0.15, -0.1) is 53.1 Å². The van der Waals surface area contributed by atoms with Crippen molar-refractivity contribution in [2.24, 2.45) is 0 Å². The molecule has 0 heterocycles. The molecule has 3 heteroatoms. The van der Waals surface area contributed by atoms with Crippen LogP contribution in [0, 0.1) is 6.08 Å². The van der Waals surface area contributed by atoms with E-state index in [4.69, 9.17) is 0 Å². The predicted octanol–water partition coefficient (Wildman–Crippen LogP) is 4.81. The molecule has 0 aromatic heterocycles. The molecule has 0 spiro atoms. The summed E-state index contributed by atoms with van der Waals surface area (Å²) in [5, 5.41) is 5.48. The molecular weight excluding hydrogens is 643 g/mol. The number of hydrogen-bond donors (Lipinski definition) is 0. The molecule has 43 heavy (non-hydrogen) atoms. The number of hydrogen-bond acceptors (Lipinski definition) is 0. The van der Waals surface area contributed by atoms with Crippen LogP contribution < -0.4 is 24.8 Å². The molecule has 0 saturated carbocycles. The van der Waals surface area contributed by atoms with Crippen molar-refractivity contribution in [3.8, 4) is 0 Å². The van der Waals surface area contributed by atoms with E-state index in [1.54, 1.807) is 0 Å². The Labute approximate surface area is 286 Å². The van der Waals surface area contributed by atoms with Gasteiger partial charge in [-0.3, -0.25) is 6.08 Å². The number of fused-ring (bicyclic) bond motifs is 3. The Morgan fingerprint density at radius 1 is 0.651 bits per heavy atom. The van der Waals surface area contributed by atoms with Crippen molar-refractivity contribution in [2.75, 3.05) is 0 Å². The maximum absolute atomic E-state index is 3.05. The van der Waals surface area contributed by atoms with Gasteiger partial charge in [0.2, 0.25) is 0 Å². The zero-order chi connectivity index (χ0) is 29.6. The van der Waals surface area contributed by atoms with Gasteiger partial charge in [0, 0.05) is 0 Å². The predicted molar refractivity (Wildman–Crippen MR) is 177 cm³/mol. The third-order valence-electron chi connectivity index (χ3n) is 7.43. The van der Waals surface area contributed by atoms with Crippen LogP contribution in [0.4, 0.5) is 0 Å². The average molecular weight is 685 g/mol. The van der Waals surface area contributed by atoms with E-state index in [0.29, 0.717) is 0 Å². The van der Waals surface area contributed by atoms with E-state index >= 15 is 0 Å². The van der Waals surface area contributed by atoms with E-state index in [9.17, 15) is 0 Å². The zero-order valence-corrected chi connectivity index (χ0v) is 30.4. The monoisotopic (exact) mass is 682 g/mol. The molecule has 5 aromatic carbocycles. The van der Waals surface area contributed by atoms with E-state index in [2.05, 4.69) is 164 Å². The van der Waals surface area contributed by atoms with Gasteiger partial charge in [0.1, 0.15) is 0 Å². The molecule has 1 aliphatic rings. The Morgan fingerprint density at radius 2 is 1.07 bits per heavy atom. The Morgan fingerprint density at radius 3 is 1.37 bits per heavy atom. The fourth-order valence-corrected chi connectivity index (χ4v) is 5.65. The maximum atomic E-state index is 3.05. The van der Waals surface area contributed by atoms with Crippen molar-refractivity contribution in [3.05, 3.63) is 149 Å². The zero-order valence-electron chi connectivity index (χ0n) is 26.4. The average Bonchev–Trinajstić information content (AvgIpc) is 3.59. The molecule has 1 aliphatic carbocycles. The van der Waals surface area contributed by atoms with Gasteiger partial charge in [0.15, 0.2) is 0 Å². The van der Waals surface area contributed by atoms with Crippen LogP contribution >= 0.6 is 0 Å². The molecule has 0 aliphatic heterocycles. The topological polar surface area (TPSA) is 0 Å². The van der Waals surface area contributed by atoms with Crippen molar-refractivity contribution in [1.29, 1.82) is 0 Å². The second-order valence-electron chi connectivity index (χ2n) is 12.9. The summed E-state index contributed by atoms with van der Waals surface area (Å²) in [4.78, 5) is 0. The third-order valence-corrected chi connectivity index (χ3v) is 8.85. The van der Waals surface area contributed by atoms with Gasteiger partial charge in [-0.2, -0.15) is 6.08 Å². The van der Waals surface area contributed by atoms with E-state index in [1.165, 1.54) is 76.8 Å². The van der Waals surface area contributed by atoms with Crippen molar-refractivity contribution in [2.45, 2.75) is 65.7 Å². The molecule has 0 nitrogen and oxygen atoms in total. The summed E-state index contributed by atoms with van der Waals surface area (Å²) in [6.07, 6.45) is 8.24. The number of halogens is 2. The first-order valence-corrected chi connectivity index (χ1v) is 15.7. The first kappa shape index (κ1) is 36.8. The van der Waals surface area contributed by atoms with E-state index in [-0.39, 0.29) is 35.6 Å². The van der Waals surface area contributed by atoms with E-state index in [1.807, 2.05) is 6.08 Å². The van der Waals surface area contributed by atoms with Gasteiger partial charge in [0.05, 0.1) is 0 Å². The summed E-state index contributed by atoms with van der Waals surface area (Å²) in [7, 11) is 0. The standard InChI is InChI=1S/C21H25.C13H10.C6H7.2ClH.Zr/c1-20(2,3)16-7-9-18-14(12-16)11-15-13-17(21(4,5)6)8-10-19(15)18;1-3-7-12(8-4-1)11-13-9-5-2-6-10-13;1-6-4-2-3-5-6;;;/h7-13H,1-6H3;1-10H;4-5H,2H2,1H3;2*1H;/q-1;;-1;;;+2/p-2. The van der Waals surface area contributed by atoms with Crippen LogP contribution in [0.25, 0.3) is 21.5 Å². The van der Waals surface area contributed by atoms with Crippen molar-refractivity contribution in [1.82, 2.24) is 0 Å². The number of benzene rings is 4. The normalized spacial score (nSPS) is 12.3. The Hall–Kier alpha value is -2.44. The second-order valence-corrected chi connectivity index (χ2v) is 14.1. The van der Waals surface area contributed by atoms with E-state index < -0.39 is 0 Å². The van der Waals surface area contributed by atoms with Gasteiger partial charge in [-0.25, -0.2) is 11.6 Å². The van der Waals surface area contributed by atoms with Crippen LogP contribution in [-0.4, -0.2) is 3.21 Å². The van der Waals surface area contributed by atoms with Crippen LogP contribution in [0.3, 0.4) is 0 Å². The summed E-state index contributed by atoms with van der Waals surface area (Å²) in [6.45, 7) is 15.7. The molecule has 0 unspecified atom stereocenters. The van der Waals surface area contributed by atoms with Gasteiger partial charge >= 0.3 is 99.2 Å². The van der Waals surface area contributed by atoms with Crippen LogP contribution in [-0.2, 0) is 35.1 Å². The Kier molecular flexibility index (Phi) is 13.7. The molecule has 0 saturated heterocycles. The fourth-order valence-electron chi connectivity index (χ4n) is 4.83. The fraction of sp³-hybridized carbons (Fsp3) is 0.250. The molecule has 0 atom stereocenters. The second kappa shape index (κ2) is 16.0. The van der Waals surface area contributed by atoms with Crippen LogP contribution in [0.2, 0.25) is 0 Å². The molecular formula is C40H42Cl2Zr-2. The quantitative estimate of drug-likeness (QED) is 0.235. The van der Waals surface area contributed by atoms with Crippen LogP contribution in [0.15, 0.2) is 121 Å². The molecule has 0 fully saturated rings. The minimum atomic E-state index is 0.